The maximum absolute atomic E-state index is 5.88. The summed E-state index contributed by atoms with van der Waals surface area (Å²) in [4.78, 5) is 0. The third kappa shape index (κ3) is 3.58. The van der Waals surface area contributed by atoms with Gasteiger partial charge in [0.15, 0.2) is 0 Å². The lowest BCUT2D eigenvalue weighted by Crippen LogP contribution is -1.95. The monoisotopic (exact) mass is 291 g/mol. The molecular weight excluding hydrogens is 274 g/mol. The fraction of sp³-hybridized carbons (Fsp3) is 0.0526. The number of para-hydroxylation sites is 2. The first kappa shape index (κ1) is 14.0. The number of hydrogen-bond acceptors (Lipinski definition) is 3. The van der Waals surface area contributed by atoms with E-state index >= 15 is 0 Å². The van der Waals surface area contributed by atoms with E-state index in [1.165, 1.54) is 0 Å². The van der Waals surface area contributed by atoms with Crippen LogP contribution in [0.15, 0.2) is 78.9 Å². The first-order valence-corrected chi connectivity index (χ1v) is 7.10. The van der Waals surface area contributed by atoms with Crippen molar-refractivity contribution >= 4 is 5.69 Å². The number of nitrogens with two attached hydrogens (primary N) is 1. The minimum Gasteiger partial charge on any atom is -0.489 e. The maximum Gasteiger partial charge on any atom is 0.150 e. The summed E-state index contributed by atoms with van der Waals surface area (Å²) in [5.74, 6) is 2.10. The van der Waals surface area contributed by atoms with Crippen molar-refractivity contribution in [1.82, 2.24) is 0 Å². The number of hydrogen-bond donors (Lipinski definition) is 1. The quantitative estimate of drug-likeness (QED) is 0.696. The van der Waals surface area contributed by atoms with E-state index < -0.39 is 0 Å². The molecule has 0 unspecified atom stereocenters. The normalized spacial score (nSPS) is 10.2. The fourth-order valence-corrected chi connectivity index (χ4v) is 2.07. The van der Waals surface area contributed by atoms with Crippen LogP contribution in [0.5, 0.6) is 17.2 Å². The van der Waals surface area contributed by atoms with Crippen LogP contribution in [0.3, 0.4) is 0 Å². The van der Waals surface area contributed by atoms with Crippen LogP contribution in [-0.4, -0.2) is 0 Å². The summed E-state index contributed by atoms with van der Waals surface area (Å²) in [6, 6.07) is 25.0. The molecule has 3 rings (SSSR count). The highest BCUT2D eigenvalue weighted by Crippen LogP contribution is 2.29. The zero-order valence-electron chi connectivity index (χ0n) is 12.1. The summed E-state index contributed by atoms with van der Waals surface area (Å²) in [7, 11) is 0. The predicted molar refractivity (Wildman–Crippen MR) is 88.1 cm³/mol. The summed E-state index contributed by atoms with van der Waals surface area (Å²) in [5.41, 5.74) is 7.62. The molecule has 3 heteroatoms. The van der Waals surface area contributed by atoms with Gasteiger partial charge in [-0.25, -0.2) is 0 Å². The summed E-state index contributed by atoms with van der Waals surface area (Å²) >= 11 is 0. The van der Waals surface area contributed by atoms with Crippen molar-refractivity contribution in [2.45, 2.75) is 6.61 Å². The van der Waals surface area contributed by atoms with Crippen molar-refractivity contribution in [1.29, 1.82) is 0 Å². The molecule has 0 fully saturated rings. The molecular formula is C19H17NO2. The van der Waals surface area contributed by atoms with Crippen molar-refractivity contribution in [2.75, 3.05) is 5.73 Å². The molecule has 0 aromatic heterocycles. The highest BCUT2D eigenvalue weighted by Gasteiger charge is 2.03. The first-order valence-electron chi connectivity index (χ1n) is 7.10. The molecule has 0 heterocycles. The van der Waals surface area contributed by atoms with Crippen molar-refractivity contribution in [3.63, 3.8) is 0 Å². The van der Waals surface area contributed by atoms with Gasteiger partial charge in [-0.3, -0.25) is 0 Å². The molecule has 110 valence electrons. The average molecular weight is 291 g/mol. The van der Waals surface area contributed by atoms with Gasteiger partial charge < -0.3 is 15.2 Å². The summed E-state index contributed by atoms with van der Waals surface area (Å²) in [5, 5.41) is 0. The molecule has 0 aliphatic rings. The van der Waals surface area contributed by atoms with Crippen LogP contribution < -0.4 is 15.2 Å². The van der Waals surface area contributed by atoms with E-state index in [1.807, 2.05) is 78.9 Å². The van der Waals surface area contributed by atoms with Crippen molar-refractivity contribution in [2.24, 2.45) is 0 Å². The van der Waals surface area contributed by atoms with Crippen LogP contribution in [0.2, 0.25) is 0 Å². The number of nitrogen functional groups attached to an aromatic ring is 1. The van der Waals surface area contributed by atoms with Gasteiger partial charge in [-0.15, -0.1) is 0 Å². The van der Waals surface area contributed by atoms with Gasteiger partial charge in [0.2, 0.25) is 0 Å². The second-order valence-electron chi connectivity index (χ2n) is 4.89. The van der Waals surface area contributed by atoms with E-state index in [1.54, 1.807) is 0 Å². The Labute approximate surface area is 129 Å². The molecule has 0 aliphatic heterocycles. The van der Waals surface area contributed by atoms with E-state index in [0.29, 0.717) is 23.8 Å². The molecule has 0 spiro atoms. The van der Waals surface area contributed by atoms with E-state index in [9.17, 15) is 0 Å². The van der Waals surface area contributed by atoms with Crippen LogP contribution >= 0.6 is 0 Å². The van der Waals surface area contributed by atoms with Gasteiger partial charge in [0.05, 0.1) is 5.69 Å². The topological polar surface area (TPSA) is 44.5 Å². The highest BCUT2D eigenvalue weighted by molar-refractivity contribution is 5.53. The largest absolute Gasteiger partial charge is 0.489 e. The molecule has 0 aliphatic carbocycles. The fourth-order valence-electron chi connectivity index (χ4n) is 2.07. The van der Waals surface area contributed by atoms with Gasteiger partial charge in [-0.2, -0.15) is 0 Å². The number of rotatable bonds is 5. The lowest BCUT2D eigenvalue weighted by atomic mass is 10.2. The summed E-state index contributed by atoms with van der Waals surface area (Å²) in [6.45, 7) is 0.526. The Kier molecular flexibility index (Phi) is 4.25. The Morgan fingerprint density at radius 1 is 0.727 bits per heavy atom. The van der Waals surface area contributed by atoms with Gasteiger partial charge in [0, 0.05) is 6.07 Å². The van der Waals surface area contributed by atoms with Crippen molar-refractivity contribution in [3.8, 4) is 17.2 Å². The third-order valence-corrected chi connectivity index (χ3v) is 3.20. The standard InChI is InChI=1S/C19H17NO2/c20-18-11-4-5-12-19(18)22-17-10-6-9-16(13-17)21-14-15-7-2-1-3-8-15/h1-13H,14,20H2. The van der Waals surface area contributed by atoms with Gasteiger partial charge in [0.1, 0.15) is 23.9 Å². The number of ether oxygens (including phenoxy) is 2. The Balaban J connectivity index is 1.69. The van der Waals surface area contributed by atoms with Gasteiger partial charge in [0.25, 0.3) is 0 Å². The zero-order chi connectivity index (χ0) is 15.2. The van der Waals surface area contributed by atoms with E-state index in [2.05, 4.69) is 0 Å². The molecule has 2 N–H and O–H groups in total. The van der Waals surface area contributed by atoms with Crippen LogP contribution in [0.25, 0.3) is 0 Å². The van der Waals surface area contributed by atoms with E-state index in [0.717, 1.165) is 11.3 Å². The molecule has 3 aromatic carbocycles. The van der Waals surface area contributed by atoms with Crippen molar-refractivity contribution in [3.05, 3.63) is 84.4 Å². The molecule has 3 nitrogen and oxygen atoms in total. The first-order chi connectivity index (χ1) is 10.8. The van der Waals surface area contributed by atoms with Gasteiger partial charge >= 0.3 is 0 Å². The van der Waals surface area contributed by atoms with Crippen LogP contribution in [0.1, 0.15) is 5.56 Å². The van der Waals surface area contributed by atoms with E-state index in [-0.39, 0.29) is 0 Å². The van der Waals surface area contributed by atoms with Gasteiger partial charge in [-0.05, 0) is 29.8 Å². The van der Waals surface area contributed by atoms with Crippen molar-refractivity contribution < 1.29 is 9.47 Å². The molecule has 3 aromatic rings. The minimum atomic E-state index is 0.526. The lowest BCUT2D eigenvalue weighted by Gasteiger charge is -2.10. The third-order valence-electron chi connectivity index (χ3n) is 3.20. The summed E-state index contributed by atoms with van der Waals surface area (Å²) in [6.07, 6.45) is 0. The second kappa shape index (κ2) is 6.68. The maximum atomic E-state index is 5.88. The van der Waals surface area contributed by atoms with Gasteiger partial charge in [-0.1, -0.05) is 48.5 Å². The lowest BCUT2D eigenvalue weighted by molar-refractivity contribution is 0.304. The van der Waals surface area contributed by atoms with Crippen LogP contribution in [-0.2, 0) is 6.61 Å². The molecule has 0 saturated carbocycles. The highest BCUT2D eigenvalue weighted by atomic mass is 16.5. The number of benzene rings is 3. The Bertz CT molecular complexity index is 741. The molecule has 0 amide bonds. The number of anilines is 1. The minimum absolute atomic E-state index is 0.526. The average Bonchev–Trinajstić information content (AvgIpc) is 2.57. The van der Waals surface area contributed by atoms with E-state index in [4.69, 9.17) is 15.2 Å². The zero-order valence-corrected chi connectivity index (χ0v) is 12.1. The molecule has 0 atom stereocenters. The summed E-state index contributed by atoms with van der Waals surface area (Å²) < 4.78 is 11.6. The molecule has 0 saturated heterocycles. The Morgan fingerprint density at radius 2 is 1.45 bits per heavy atom. The molecule has 0 radical (unpaired) electrons. The van der Waals surface area contributed by atoms with Crippen LogP contribution in [0, 0.1) is 0 Å². The second-order valence-corrected chi connectivity index (χ2v) is 4.89. The molecule has 22 heavy (non-hydrogen) atoms. The van der Waals surface area contributed by atoms with Crippen LogP contribution in [0.4, 0.5) is 5.69 Å². The Hall–Kier alpha value is -2.94. The Morgan fingerprint density at radius 3 is 2.27 bits per heavy atom. The SMILES string of the molecule is Nc1ccccc1Oc1cccc(OCc2ccccc2)c1. The smallest absolute Gasteiger partial charge is 0.150 e. The predicted octanol–water partition coefficient (Wildman–Crippen LogP) is 4.64. The molecule has 0 bridgehead atoms.